The smallest absolute Gasteiger partial charge is 0.303 e. The van der Waals surface area contributed by atoms with Gasteiger partial charge < -0.3 is 10.4 Å². The number of thioether (sulfide) groups is 1. The van der Waals surface area contributed by atoms with Gasteiger partial charge in [0.2, 0.25) is 5.91 Å². The normalized spacial score (nSPS) is 11.9. The first-order valence-electron chi connectivity index (χ1n) is 7.29. The Morgan fingerprint density at radius 3 is 2.71 bits per heavy atom. The fraction of sp³-hybridized carbons (Fsp3) is 0.500. The first-order chi connectivity index (χ1) is 10.0. The van der Waals surface area contributed by atoms with E-state index < -0.39 is 5.97 Å². The molecule has 1 amide bonds. The van der Waals surface area contributed by atoms with Gasteiger partial charge in [0.05, 0.1) is 5.69 Å². The number of benzene rings is 1. The van der Waals surface area contributed by atoms with Crippen LogP contribution in [0.15, 0.2) is 29.2 Å². The van der Waals surface area contributed by atoms with Gasteiger partial charge in [-0.05, 0) is 30.7 Å². The van der Waals surface area contributed by atoms with Crippen molar-refractivity contribution < 1.29 is 14.7 Å². The number of carboxylic acid groups (broad SMARTS) is 1. The van der Waals surface area contributed by atoms with E-state index in [0.29, 0.717) is 6.42 Å². The summed E-state index contributed by atoms with van der Waals surface area (Å²) in [5.74, 6) is -0.00922. The van der Waals surface area contributed by atoms with Gasteiger partial charge in [-0.1, -0.05) is 32.4 Å². The Hall–Kier alpha value is -1.49. The molecule has 0 saturated heterocycles. The van der Waals surface area contributed by atoms with Crippen molar-refractivity contribution in [2.24, 2.45) is 5.92 Å². The minimum atomic E-state index is -0.773. The molecular formula is C16H23NO3S. The largest absolute Gasteiger partial charge is 0.481 e. The van der Waals surface area contributed by atoms with Crippen LogP contribution in [0.25, 0.3) is 0 Å². The molecule has 1 atom stereocenters. The summed E-state index contributed by atoms with van der Waals surface area (Å²) in [4.78, 5) is 23.6. The van der Waals surface area contributed by atoms with Crippen molar-refractivity contribution >= 4 is 29.3 Å². The van der Waals surface area contributed by atoms with Gasteiger partial charge in [-0.25, -0.2) is 0 Å². The van der Waals surface area contributed by atoms with E-state index in [1.807, 2.05) is 31.2 Å². The lowest BCUT2D eigenvalue weighted by Crippen LogP contribution is -2.20. The van der Waals surface area contributed by atoms with Gasteiger partial charge in [-0.2, -0.15) is 0 Å². The highest BCUT2D eigenvalue weighted by Crippen LogP contribution is 2.28. The highest BCUT2D eigenvalue weighted by atomic mass is 32.2. The molecule has 0 bridgehead atoms. The third-order valence-corrected chi connectivity index (χ3v) is 4.27. The quantitative estimate of drug-likeness (QED) is 0.534. The SMILES string of the molecule is CCC[C@@H](C)C(=O)Nc1ccccc1SCCCC(=O)O. The number of para-hydroxylation sites is 1. The van der Waals surface area contributed by atoms with Gasteiger partial charge in [0.25, 0.3) is 0 Å². The summed E-state index contributed by atoms with van der Waals surface area (Å²) in [6, 6.07) is 7.65. The molecule has 0 unspecified atom stereocenters. The van der Waals surface area contributed by atoms with Crippen molar-refractivity contribution in [1.82, 2.24) is 0 Å². The lowest BCUT2D eigenvalue weighted by molar-refractivity contribution is -0.137. The first kappa shape index (κ1) is 17.6. The molecule has 0 spiro atoms. The zero-order chi connectivity index (χ0) is 15.7. The van der Waals surface area contributed by atoms with E-state index in [1.165, 1.54) is 0 Å². The standard InChI is InChI=1S/C16H23NO3S/c1-3-7-12(2)16(20)17-13-8-4-5-9-14(13)21-11-6-10-15(18)19/h4-5,8-9,12H,3,6-7,10-11H2,1-2H3,(H,17,20)(H,18,19)/t12-/m1/s1. The van der Waals surface area contributed by atoms with Gasteiger partial charge in [0, 0.05) is 17.2 Å². The Labute approximate surface area is 130 Å². The maximum Gasteiger partial charge on any atom is 0.303 e. The Balaban J connectivity index is 2.58. The molecule has 0 aliphatic rings. The van der Waals surface area contributed by atoms with Crippen LogP contribution in [0.1, 0.15) is 39.5 Å². The minimum absolute atomic E-state index is 0.0000616. The number of carboxylic acids is 1. The third-order valence-electron chi connectivity index (χ3n) is 3.11. The molecule has 0 aliphatic carbocycles. The first-order valence-corrected chi connectivity index (χ1v) is 8.27. The van der Waals surface area contributed by atoms with Crippen LogP contribution in [-0.2, 0) is 9.59 Å². The lowest BCUT2D eigenvalue weighted by atomic mass is 10.1. The maximum absolute atomic E-state index is 12.1. The van der Waals surface area contributed by atoms with Crippen molar-refractivity contribution in [3.05, 3.63) is 24.3 Å². The molecule has 1 rings (SSSR count). The van der Waals surface area contributed by atoms with E-state index in [4.69, 9.17) is 5.11 Å². The predicted octanol–water partition coefficient (Wildman–Crippen LogP) is 4.02. The molecule has 0 aliphatic heterocycles. The van der Waals surface area contributed by atoms with Crippen molar-refractivity contribution in [3.63, 3.8) is 0 Å². The van der Waals surface area contributed by atoms with E-state index in [1.54, 1.807) is 11.8 Å². The molecule has 0 aromatic heterocycles. The summed E-state index contributed by atoms with van der Waals surface area (Å²) >= 11 is 1.58. The Bertz CT molecular complexity index is 476. The van der Waals surface area contributed by atoms with Crippen LogP contribution in [0.2, 0.25) is 0 Å². The Morgan fingerprint density at radius 2 is 2.05 bits per heavy atom. The average Bonchev–Trinajstić information content (AvgIpc) is 2.45. The molecule has 0 heterocycles. The van der Waals surface area contributed by atoms with Crippen LogP contribution < -0.4 is 5.32 Å². The van der Waals surface area contributed by atoms with Crippen LogP contribution >= 0.6 is 11.8 Å². The summed E-state index contributed by atoms with van der Waals surface area (Å²) in [5.41, 5.74) is 0.811. The molecule has 2 N–H and O–H groups in total. The van der Waals surface area contributed by atoms with Crippen LogP contribution in [0.5, 0.6) is 0 Å². The van der Waals surface area contributed by atoms with E-state index in [0.717, 1.165) is 29.2 Å². The molecule has 5 heteroatoms. The number of amides is 1. The van der Waals surface area contributed by atoms with E-state index in [9.17, 15) is 9.59 Å². The Kier molecular flexibility index (Phi) is 7.90. The highest BCUT2D eigenvalue weighted by molar-refractivity contribution is 7.99. The maximum atomic E-state index is 12.1. The highest BCUT2D eigenvalue weighted by Gasteiger charge is 2.13. The molecule has 1 aromatic rings. The molecule has 1 aromatic carbocycles. The van der Waals surface area contributed by atoms with Crippen molar-refractivity contribution in [1.29, 1.82) is 0 Å². The van der Waals surface area contributed by atoms with Crippen LogP contribution in [0.3, 0.4) is 0 Å². The van der Waals surface area contributed by atoms with Crippen LogP contribution in [-0.4, -0.2) is 22.7 Å². The summed E-state index contributed by atoms with van der Waals surface area (Å²) in [7, 11) is 0. The number of anilines is 1. The molecule has 4 nitrogen and oxygen atoms in total. The number of hydrogen-bond donors (Lipinski definition) is 2. The number of aliphatic carboxylic acids is 1. The second kappa shape index (κ2) is 9.45. The molecule has 21 heavy (non-hydrogen) atoms. The molecular weight excluding hydrogens is 286 g/mol. The minimum Gasteiger partial charge on any atom is -0.481 e. The topological polar surface area (TPSA) is 66.4 Å². The summed E-state index contributed by atoms with van der Waals surface area (Å²) in [6.45, 7) is 4.00. The predicted molar refractivity (Wildman–Crippen MR) is 86.7 cm³/mol. The van der Waals surface area contributed by atoms with Gasteiger partial charge in [-0.3, -0.25) is 9.59 Å². The summed E-state index contributed by atoms with van der Waals surface area (Å²) in [6.07, 6.45) is 2.66. The fourth-order valence-corrected chi connectivity index (χ4v) is 2.88. The van der Waals surface area contributed by atoms with Gasteiger partial charge in [0.15, 0.2) is 0 Å². The number of nitrogens with one attached hydrogen (secondary N) is 1. The second-order valence-electron chi connectivity index (χ2n) is 5.02. The molecule has 116 valence electrons. The third kappa shape index (κ3) is 6.67. The van der Waals surface area contributed by atoms with Gasteiger partial charge in [0.1, 0.15) is 0 Å². The van der Waals surface area contributed by atoms with Crippen molar-refractivity contribution in [2.75, 3.05) is 11.1 Å². The zero-order valence-corrected chi connectivity index (χ0v) is 13.4. The number of carbonyl (C=O) groups is 2. The molecule has 0 radical (unpaired) electrons. The average molecular weight is 309 g/mol. The van der Waals surface area contributed by atoms with Crippen LogP contribution in [0.4, 0.5) is 5.69 Å². The van der Waals surface area contributed by atoms with Gasteiger partial charge >= 0.3 is 5.97 Å². The lowest BCUT2D eigenvalue weighted by Gasteiger charge is -2.14. The zero-order valence-electron chi connectivity index (χ0n) is 12.6. The van der Waals surface area contributed by atoms with E-state index in [2.05, 4.69) is 12.2 Å². The fourth-order valence-electron chi connectivity index (χ4n) is 1.92. The number of carbonyl (C=O) groups excluding carboxylic acids is 1. The second-order valence-corrected chi connectivity index (χ2v) is 6.16. The van der Waals surface area contributed by atoms with Gasteiger partial charge in [-0.15, -0.1) is 11.8 Å². The van der Waals surface area contributed by atoms with E-state index in [-0.39, 0.29) is 18.2 Å². The summed E-state index contributed by atoms with van der Waals surface area (Å²) < 4.78 is 0. The Morgan fingerprint density at radius 1 is 1.33 bits per heavy atom. The van der Waals surface area contributed by atoms with Crippen LogP contribution in [0, 0.1) is 5.92 Å². The number of hydrogen-bond acceptors (Lipinski definition) is 3. The van der Waals surface area contributed by atoms with Crippen molar-refractivity contribution in [3.8, 4) is 0 Å². The molecule has 0 fully saturated rings. The monoisotopic (exact) mass is 309 g/mol. The van der Waals surface area contributed by atoms with E-state index >= 15 is 0 Å². The summed E-state index contributed by atoms with van der Waals surface area (Å²) in [5, 5.41) is 11.6. The molecule has 0 saturated carbocycles. The number of rotatable bonds is 9. The van der Waals surface area contributed by atoms with Crippen molar-refractivity contribution in [2.45, 2.75) is 44.4 Å².